The summed E-state index contributed by atoms with van der Waals surface area (Å²) in [5.41, 5.74) is 2.08. The molecular weight excluding hydrogens is 214 g/mol. The van der Waals surface area contributed by atoms with Gasteiger partial charge in [-0.25, -0.2) is 0 Å². The van der Waals surface area contributed by atoms with Crippen molar-refractivity contribution in [2.24, 2.45) is 0 Å². The maximum Gasteiger partial charge on any atom is 0.115 e. The highest BCUT2D eigenvalue weighted by Crippen LogP contribution is 2.31. The molecule has 17 heavy (non-hydrogen) atoms. The number of benzene rings is 1. The monoisotopic (exact) mass is 229 g/mol. The Hall–Kier alpha value is -1.45. The summed E-state index contributed by atoms with van der Waals surface area (Å²) in [6.45, 7) is 2.99. The van der Waals surface area contributed by atoms with E-state index in [1.807, 2.05) is 37.3 Å². The molecule has 3 heteroatoms. The Bertz CT molecular complexity index is 559. The fourth-order valence-corrected chi connectivity index (χ4v) is 2.30. The Morgan fingerprint density at radius 1 is 1.29 bits per heavy atom. The van der Waals surface area contributed by atoms with Crippen LogP contribution in [0, 0.1) is 6.92 Å². The zero-order valence-corrected chi connectivity index (χ0v) is 9.81. The molecule has 0 aliphatic carbocycles. The first-order valence-corrected chi connectivity index (χ1v) is 5.85. The molecule has 1 saturated heterocycles. The third kappa shape index (κ3) is 1.81. The van der Waals surface area contributed by atoms with E-state index < -0.39 is 5.60 Å². The molecule has 1 aromatic carbocycles. The molecule has 1 aliphatic heterocycles. The van der Waals surface area contributed by atoms with E-state index in [4.69, 9.17) is 4.74 Å². The number of aliphatic hydroxyl groups is 1. The molecule has 3 nitrogen and oxygen atoms in total. The lowest BCUT2D eigenvalue weighted by atomic mass is 9.92. The van der Waals surface area contributed by atoms with E-state index in [1.54, 1.807) is 0 Å². The highest BCUT2D eigenvalue weighted by molar-refractivity contribution is 5.79. The number of fused-ring (bicyclic) bond motifs is 1. The summed E-state index contributed by atoms with van der Waals surface area (Å²) >= 11 is 0. The second-order valence-corrected chi connectivity index (χ2v) is 4.69. The second kappa shape index (κ2) is 3.79. The molecule has 3 rings (SSSR count). The minimum absolute atomic E-state index is 0.387. The minimum atomic E-state index is -0.820. The highest BCUT2D eigenvalue weighted by atomic mass is 16.5. The summed E-state index contributed by atoms with van der Waals surface area (Å²) in [4.78, 5) is 4.45. The number of hydrogen-bond donors (Lipinski definition) is 1. The van der Waals surface area contributed by atoms with Crippen molar-refractivity contribution < 1.29 is 9.84 Å². The first-order valence-electron chi connectivity index (χ1n) is 5.85. The van der Waals surface area contributed by atoms with Gasteiger partial charge in [-0.3, -0.25) is 4.98 Å². The van der Waals surface area contributed by atoms with Crippen LogP contribution in [0.4, 0.5) is 0 Å². The summed E-state index contributed by atoms with van der Waals surface area (Å²) < 4.78 is 5.28. The van der Waals surface area contributed by atoms with Crippen molar-refractivity contribution in [1.29, 1.82) is 0 Å². The van der Waals surface area contributed by atoms with Gasteiger partial charge in [0.15, 0.2) is 0 Å². The standard InChI is InChI=1S/C14H15NO2/c1-10-2-3-11-8-12(4-5-13(11)15-10)14(16)6-7-17-9-14/h2-5,8,16H,6-7,9H2,1H3. The summed E-state index contributed by atoms with van der Waals surface area (Å²) in [5.74, 6) is 0. The zero-order chi connectivity index (χ0) is 11.9. The van der Waals surface area contributed by atoms with Gasteiger partial charge in [-0.15, -0.1) is 0 Å². The van der Waals surface area contributed by atoms with E-state index in [1.165, 1.54) is 0 Å². The molecule has 1 unspecified atom stereocenters. The van der Waals surface area contributed by atoms with Crippen molar-refractivity contribution in [3.8, 4) is 0 Å². The average molecular weight is 229 g/mol. The van der Waals surface area contributed by atoms with Gasteiger partial charge in [-0.1, -0.05) is 12.1 Å². The molecule has 0 bridgehead atoms. The van der Waals surface area contributed by atoms with E-state index in [0.29, 0.717) is 19.6 Å². The molecule has 0 amide bonds. The molecular formula is C14H15NO2. The smallest absolute Gasteiger partial charge is 0.115 e. The van der Waals surface area contributed by atoms with Crippen LogP contribution in [0.15, 0.2) is 30.3 Å². The van der Waals surface area contributed by atoms with Crippen LogP contribution in [0.25, 0.3) is 10.9 Å². The van der Waals surface area contributed by atoms with Crippen LogP contribution in [0.5, 0.6) is 0 Å². The molecule has 1 fully saturated rings. The maximum atomic E-state index is 10.4. The third-order valence-corrected chi connectivity index (χ3v) is 3.37. The van der Waals surface area contributed by atoms with Crippen molar-refractivity contribution in [1.82, 2.24) is 4.98 Å². The molecule has 88 valence electrons. The van der Waals surface area contributed by atoms with Crippen LogP contribution >= 0.6 is 0 Å². The van der Waals surface area contributed by atoms with Crippen LogP contribution in [0.1, 0.15) is 17.7 Å². The number of aromatic nitrogens is 1. The number of hydrogen-bond acceptors (Lipinski definition) is 3. The number of pyridine rings is 1. The molecule has 2 aromatic rings. The Morgan fingerprint density at radius 3 is 2.94 bits per heavy atom. The van der Waals surface area contributed by atoms with Crippen molar-refractivity contribution in [3.63, 3.8) is 0 Å². The van der Waals surface area contributed by atoms with Crippen LogP contribution in [0.2, 0.25) is 0 Å². The summed E-state index contributed by atoms with van der Waals surface area (Å²) in [5, 5.41) is 11.5. The fourth-order valence-electron chi connectivity index (χ4n) is 2.30. The molecule has 1 aromatic heterocycles. The van der Waals surface area contributed by atoms with E-state index in [0.717, 1.165) is 22.2 Å². The number of rotatable bonds is 1. The first-order chi connectivity index (χ1) is 8.17. The van der Waals surface area contributed by atoms with E-state index >= 15 is 0 Å². The lowest BCUT2D eigenvalue weighted by molar-refractivity contribution is 0.0233. The SMILES string of the molecule is Cc1ccc2cc(C3(O)CCOC3)ccc2n1. The summed E-state index contributed by atoms with van der Waals surface area (Å²) in [6.07, 6.45) is 0.664. The summed E-state index contributed by atoms with van der Waals surface area (Å²) in [7, 11) is 0. The van der Waals surface area contributed by atoms with E-state index in [2.05, 4.69) is 4.98 Å². The normalized spacial score (nSPS) is 24.4. The maximum absolute atomic E-state index is 10.4. The summed E-state index contributed by atoms with van der Waals surface area (Å²) in [6, 6.07) is 9.95. The number of aryl methyl sites for hydroxylation is 1. The largest absolute Gasteiger partial charge is 0.383 e. The third-order valence-electron chi connectivity index (χ3n) is 3.37. The Balaban J connectivity index is 2.10. The molecule has 2 heterocycles. The van der Waals surface area contributed by atoms with E-state index in [-0.39, 0.29) is 0 Å². The zero-order valence-electron chi connectivity index (χ0n) is 9.81. The molecule has 1 N–H and O–H groups in total. The molecule has 0 radical (unpaired) electrons. The second-order valence-electron chi connectivity index (χ2n) is 4.69. The Kier molecular flexibility index (Phi) is 2.38. The first kappa shape index (κ1) is 10.7. The lowest BCUT2D eigenvalue weighted by Crippen LogP contribution is -2.25. The van der Waals surface area contributed by atoms with Gasteiger partial charge in [0, 0.05) is 24.1 Å². The minimum Gasteiger partial charge on any atom is -0.383 e. The highest BCUT2D eigenvalue weighted by Gasteiger charge is 2.34. The van der Waals surface area contributed by atoms with Crippen LogP contribution in [-0.2, 0) is 10.3 Å². The van der Waals surface area contributed by atoms with Crippen molar-refractivity contribution in [2.45, 2.75) is 18.9 Å². The molecule has 0 saturated carbocycles. The van der Waals surface area contributed by atoms with Gasteiger partial charge in [-0.05, 0) is 30.7 Å². The van der Waals surface area contributed by atoms with Gasteiger partial charge < -0.3 is 9.84 Å². The van der Waals surface area contributed by atoms with Crippen LogP contribution in [0.3, 0.4) is 0 Å². The van der Waals surface area contributed by atoms with Gasteiger partial charge in [0.25, 0.3) is 0 Å². The van der Waals surface area contributed by atoms with Crippen LogP contribution < -0.4 is 0 Å². The van der Waals surface area contributed by atoms with Gasteiger partial charge in [-0.2, -0.15) is 0 Å². The predicted molar refractivity (Wildman–Crippen MR) is 65.8 cm³/mol. The number of nitrogens with zero attached hydrogens (tertiary/aromatic N) is 1. The predicted octanol–water partition coefficient (Wildman–Crippen LogP) is 2.15. The average Bonchev–Trinajstić information content (AvgIpc) is 2.77. The molecule has 1 aliphatic rings. The Labute approximate surface area is 100 Å². The molecule has 0 spiro atoms. The van der Waals surface area contributed by atoms with Gasteiger partial charge in [0.1, 0.15) is 5.60 Å². The topological polar surface area (TPSA) is 42.4 Å². The fraction of sp³-hybridized carbons (Fsp3) is 0.357. The Morgan fingerprint density at radius 2 is 2.18 bits per heavy atom. The van der Waals surface area contributed by atoms with Crippen molar-refractivity contribution >= 4 is 10.9 Å². The quantitative estimate of drug-likeness (QED) is 0.814. The lowest BCUT2D eigenvalue weighted by Gasteiger charge is -2.21. The van der Waals surface area contributed by atoms with Crippen molar-refractivity contribution in [3.05, 3.63) is 41.6 Å². The van der Waals surface area contributed by atoms with Gasteiger partial charge >= 0.3 is 0 Å². The van der Waals surface area contributed by atoms with Crippen molar-refractivity contribution in [2.75, 3.05) is 13.2 Å². The van der Waals surface area contributed by atoms with Gasteiger partial charge in [0.2, 0.25) is 0 Å². The number of ether oxygens (including phenoxy) is 1. The van der Waals surface area contributed by atoms with E-state index in [9.17, 15) is 5.11 Å². The van der Waals surface area contributed by atoms with Crippen LogP contribution in [-0.4, -0.2) is 23.3 Å². The van der Waals surface area contributed by atoms with Gasteiger partial charge in [0.05, 0.1) is 12.1 Å². The molecule has 1 atom stereocenters.